The van der Waals surface area contributed by atoms with Crippen molar-refractivity contribution in [2.75, 3.05) is 0 Å². The van der Waals surface area contributed by atoms with Crippen molar-refractivity contribution in [3.63, 3.8) is 0 Å². The molecule has 2 N–H and O–H groups in total. The Bertz CT molecular complexity index is 712. The van der Waals surface area contributed by atoms with Gasteiger partial charge in [-0.25, -0.2) is 14.2 Å². The average Bonchev–Trinajstić information content (AvgIpc) is 2.93. The smallest absolute Gasteiger partial charge is 0.315 e. The van der Waals surface area contributed by atoms with Crippen LogP contribution in [0.1, 0.15) is 36.3 Å². The molecule has 6 heteroatoms. The van der Waals surface area contributed by atoms with Crippen LogP contribution in [0.3, 0.4) is 0 Å². The van der Waals surface area contributed by atoms with Crippen molar-refractivity contribution < 1.29 is 9.18 Å². The molecule has 1 heterocycles. The van der Waals surface area contributed by atoms with E-state index in [1.165, 1.54) is 6.07 Å². The van der Waals surface area contributed by atoms with Crippen molar-refractivity contribution in [2.24, 2.45) is 13.0 Å². The molecule has 0 bridgehead atoms. The first-order chi connectivity index (χ1) is 11.1. The van der Waals surface area contributed by atoms with Gasteiger partial charge in [-0.15, -0.1) is 0 Å². The Morgan fingerprint density at radius 2 is 2.30 bits per heavy atom. The van der Waals surface area contributed by atoms with Gasteiger partial charge in [-0.05, 0) is 36.0 Å². The Morgan fingerprint density at radius 1 is 1.48 bits per heavy atom. The van der Waals surface area contributed by atoms with Crippen molar-refractivity contribution in [3.8, 4) is 0 Å². The highest BCUT2D eigenvalue weighted by Crippen LogP contribution is 2.35. The van der Waals surface area contributed by atoms with E-state index < -0.39 is 0 Å². The van der Waals surface area contributed by atoms with Gasteiger partial charge < -0.3 is 15.2 Å². The summed E-state index contributed by atoms with van der Waals surface area (Å²) in [5.41, 5.74) is 1.61. The highest BCUT2D eigenvalue weighted by atomic mass is 19.1. The summed E-state index contributed by atoms with van der Waals surface area (Å²) < 4.78 is 15.8. The van der Waals surface area contributed by atoms with Crippen LogP contribution in [-0.2, 0) is 20.0 Å². The monoisotopic (exact) mass is 316 g/mol. The van der Waals surface area contributed by atoms with E-state index in [4.69, 9.17) is 0 Å². The fraction of sp³-hybridized carbons (Fsp3) is 0.412. The number of amides is 2. The molecule has 0 saturated carbocycles. The van der Waals surface area contributed by atoms with E-state index >= 15 is 0 Å². The number of aromatic nitrogens is 2. The molecule has 2 aromatic rings. The maximum Gasteiger partial charge on any atom is 0.315 e. The third kappa shape index (κ3) is 3.21. The molecule has 0 spiro atoms. The van der Waals surface area contributed by atoms with Crippen LogP contribution >= 0.6 is 0 Å². The Balaban J connectivity index is 1.68. The first kappa shape index (κ1) is 15.5. The van der Waals surface area contributed by atoms with Crippen LogP contribution in [0.5, 0.6) is 0 Å². The molecule has 1 aromatic heterocycles. The zero-order valence-corrected chi connectivity index (χ0v) is 13.3. The van der Waals surface area contributed by atoms with Gasteiger partial charge in [-0.1, -0.05) is 19.1 Å². The van der Waals surface area contributed by atoms with Gasteiger partial charge >= 0.3 is 6.03 Å². The van der Waals surface area contributed by atoms with Gasteiger partial charge in [-0.3, -0.25) is 0 Å². The summed E-state index contributed by atoms with van der Waals surface area (Å²) in [6, 6.07) is 4.65. The topological polar surface area (TPSA) is 59.0 Å². The number of nitrogens with one attached hydrogen (secondary N) is 2. The number of imidazole rings is 1. The first-order valence-corrected chi connectivity index (χ1v) is 7.84. The van der Waals surface area contributed by atoms with Crippen LogP contribution in [0.4, 0.5) is 9.18 Å². The zero-order chi connectivity index (χ0) is 16.4. The zero-order valence-electron chi connectivity index (χ0n) is 13.3. The second-order valence-electron chi connectivity index (χ2n) is 6.08. The van der Waals surface area contributed by atoms with Gasteiger partial charge in [-0.2, -0.15) is 0 Å². The maximum atomic E-state index is 13.9. The summed E-state index contributed by atoms with van der Waals surface area (Å²) in [6.45, 7) is 2.43. The SMILES string of the molecule is C[C@@H]1CCc2c(F)cccc2[C@@H]1NC(=O)NCc1nccn1C. The van der Waals surface area contributed by atoms with E-state index in [0.717, 1.165) is 29.8 Å². The number of nitrogens with zero attached hydrogens (tertiary/aromatic N) is 2. The van der Waals surface area contributed by atoms with E-state index in [9.17, 15) is 9.18 Å². The Morgan fingerprint density at radius 3 is 3.04 bits per heavy atom. The van der Waals surface area contributed by atoms with Crippen molar-refractivity contribution in [3.05, 3.63) is 53.4 Å². The number of aryl methyl sites for hydroxylation is 1. The molecule has 1 aliphatic rings. The standard InChI is InChI=1S/C17H21FN4O/c1-11-6-7-12-13(4-3-5-14(12)18)16(11)21-17(23)20-10-15-19-8-9-22(15)2/h3-5,8-9,11,16H,6-7,10H2,1-2H3,(H2,20,21,23)/t11-,16-/m1/s1. The molecule has 2 amide bonds. The predicted octanol–water partition coefficient (Wildman–Crippen LogP) is 2.68. The first-order valence-electron chi connectivity index (χ1n) is 7.84. The third-order valence-corrected chi connectivity index (χ3v) is 4.52. The number of hydrogen-bond acceptors (Lipinski definition) is 2. The predicted molar refractivity (Wildman–Crippen MR) is 85.2 cm³/mol. The summed E-state index contributed by atoms with van der Waals surface area (Å²) in [5.74, 6) is 0.862. The quantitative estimate of drug-likeness (QED) is 0.914. The van der Waals surface area contributed by atoms with E-state index in [0.29, 0.717) is 6.54 Å². The molecule has 2 atom stereocenters. The molecule has 0 aliphatic heterocycles. The number of carbonyl (C=O) groups is 1. The van der Waals surface area contributed by atoms with Crippen molar-refractivity contribution in [1.82, 2.24) is 20.2 Å². The Kier molecular flexibility index (Phi) is 4.32. The minimum Gasteiger partial charge on any atom is -0.337 e. The Hall–Kier alpha value is -2.37. The number of hydrogen-bond donors (Lipinski definition) is 2. The highest BCUT2D eigenvalue weighted by molar-refractivity contribution is 5.74. The van der Waals surface area contributed by atoms with Crippen LogP contribution in [0.2, 0.25) is 0 Å². The van der Waals surface area contributed by atoms with E-state index in [1.807, 2.05) is 23.9 Å². The number of fused-ring (bicyclic) bond motifs is 1. The average molecular weight is 316 g/mol. The third-order valence-electron chi connectivity index (χ3n) is 4.52. The Labute approximate surface area is 134 Å². The van der Waals surface area contributed by atoms with Crippen LogP contribution in [0, 0.1) is 11.7 Å². The molecular weight excluding hydrogens is 295 g/mol. The lowest BCUT2D eigenvalue weighted by atomic mass is 9.80. The lowest BCUT2D eigenvalue weighted by Crippen LogP contribution is -2.41. The normalized spacial score (nSPS) is 20.0. The van der Waals surface area contributed by atoms with Gasteiger partial charge in [0.2, 0.25) is 0 Å². The lowest BCUT2D eigenvalue weighted by molar-refractivity contribution is 0.228. The number of benzene rings is 1. The molecule has 0 saturated heterocycles. The summed E-state index contributed by atoms with van der Waals surface area (Å²) >= 11 is 0. The molecular formula is C17H21FN4O. The van der Waals surface area contributed by atoms with Crippen molar-refractivity contribution >= 4 is 6.03 Å². The molecule has 1 aromatic carbocycles. The minimum atomic E-state index is -0.262. The summed E-state index contributed by atoms with van der Waals surface area (Å²) in [6.07, 6.45) is 5.10. The number of rotatable bonds is 3. The van der Waals surface area contributed by atoms with Gasteiger partial charge in [0.15, 0.2) is 0 Å². The van der Waals surface area contributed by atoms with Gasteiger partial charge in [0.1, 0.15) is 11.6 Å². The minimum absolute atomic E-state index is 0.171. The van der Waals surface area contributed by atoms with Crippen molar-refractivity contribution in [2.45, 2.75) is 32.4 Å². The van der Waals surface area contributed by atoms with E-state index in [1.54, 1.807) is 12.3 Å². The van der Waals surface area contributed by atoms with E-state index in [2.05, 4.69) is 22.5 Å². The van der Waals surface area contributed by atoms with Crippen LogP contribution in [0.15, 0.2) is 30.6 Å². The molecule has 0 fully saturated rings. The molecule has 1 aliphatic carbocycles. The summed E-state index contributed by atoms with van der Waals surface area (Å²) in [7, 11) is 1.88. The van der Waals surface area contributed by atoms with Gasteiger partial charge in [0.25, 0.3) is 0 Å². The largest absolute Gasteiger partial charge is 0.337 e. The second kappa shape index (κ2) is 6.40. The fourth-order valence-electron chi connectivity index (χ4n) is 3.11. The van der Waals surface area contributed by atoms with Gasteiger partial charge in [0.05, 0.1) is 12.6 Å². The molecule has 0 radical (unpaired) electrons. The number of halogens is 1. The molecule has 5 nitrogen and oxygen atoms in total. The second-order valence-corrected chi connectivity index (χ2v) is 6.08. The number of carbonyl (C=O) groups excluding carboxylic acids is 1. The van der Waals surface area contributed by atoms with Crippen LogP contribution in [-0.4, -0.2) is 15.6 Å². The van der Waals surface area contributed by atoms with E-state index in [-0.39, 0.29) is 23.8 Å². The van der Waals surface area contributed by atoms with Crippen molar-refractivity contribution in [1.29, 1.82) is 0 Å². The van der Waals surface area contributed by atoms with Gasteiger partial charge in [0, 0.05) is 19.4 Å². The summed E-state index contributed by atoms with van der Waals surface area (Å²) in [4.78, 5) is 16.4. The summed E-state index contributed by atoms with van der Waals surface area (Å²) in [5, 5.41) is 5.79. The van der Waals surface area contributed by atoms with Crippen LogP contribution in [0.25, 0.3) is 0 Å². The number of urea groups is 1. The molecule has 122 valence electrons. The maximum absolute atomic E-state index is 13.9. The molecule has 23 heavy (non-hydrogen) atoms. The highest BCUT2D eigenvalue weighted by Gasteiger charge is 2.29. The molecule has 3 rings (SSSR count). The fourth-order valence-corrected chi connectivity index (χ4v) is 3.11. The molecule has 0 unspecified atom stereocenters. The van der Waals surface area contributed by atoms with Crippen LogP contribution < -0.4 is 10.6 Å². The lowest BCUT2D eigenvalue weighted by Gasteiger charge is -2.32.